The van der Waals surface area contributed by atoms with Crippen molar-refractivity contribution in [3.8, 4) is 0 Å². The van der Waals surface area contributed by atoms with Gasteiger partial charge in [-0.1, -0.05) is 0 Å². The fourth-order valence-electron chi connectivity index (χ4n) is 0.997. The highest BCUT2D eigenvalue weighted by Crippen LogP contribution is 2.05. The molecule has 1 aliphatic rings. The highest BCUT2D eigenvalue weighted by molar-refractivity contribution is 5.70. The molecule has 1 heterocycles. The number of nitrogens with one attached hydrogen (secondary N) is 1. The van der Waals surface area contributed by atoms with Crippen LogP contribution in [0, 0.1) is 0 Å². The van der Waals surface area contributed by atoms with Crippen LogP contribution in [0.5, 0.6) is 0 Å². The normalized spacial score (nSPS) is 24.2. The van der Waals surface area contributed by atoms with Crippen molar-refractivity contribution in [1.29, 1.82) is 0 Å². The third-order valence-electron chi connectivity index (χ3n) is 1.62. The van der Waals surface area contributed by atoms with Gasteiger partial charge in [-0.2, -0.15) is 0 Å². The van der Waals surface area contributed by atoms with Gasteiger partial charge in [0, 0.05) is 6.92 Å². The minimum absolute atomic E-state index is 0.221. The number of cyclic esters (lactones) is 1. The molecule has 1 aliphatic heterocycles. The minimum atomic E-state index is -0.459. The highest BCUT2D eigenvalue weighted by atomic mass is 16.6. The Morgan fingerprint density at radius 2 is 2.50 bits per heavy atom. The number of carbonyl (C=O) groups excluding carboxylic acids is 2. The molecule has 0 spiro atoms. The first-order valence-electron chi connectivity index (χ1n) is 3.70. The summed E-state index contributed by atoms with van der Waals surface area (Å²) >= 11 is 0. The van der Waals surface area contributed by atoms with Gasteiger partial charge in [-0.05, 0) is 6.92 Å². The minimum Gasteiger partial charge on any atom is -0.461 e. The lowest BCUT2D eigenvalue weighted by Crippen LogP contribution is -2.38. The molecular formula is C7H11NO4. The molecule has 12 heavy (non-hydrogen) atoms. The van der Waals surface area contributed by atoms with Crippen LogP contribution >= 0.6 is 0 Å². The zero-order chi connectivity index (χ0) is 9.14. The fraction of sp³-hybridized carbons (Fsp3) is 0.714. The molecule has 0 aromatic rings. The summed E-state index contributed by atoms with van der Waals surface area (Å²) in [4.78, 5) is 21.1. The Balaban J connectivity index is 2.37. The lowest BCUT2D eigenvalue weighted by Gasteiger charge is -2.16. The average molecular weight is 173 g/mol. The molecule has 0 radical (unpaired) electrons. The van der Waals surface area contributed by atoms with Crippen molar-refractivity contribution in [1.82, 2.24) is 5.32 Å². The first-order valence-corrected chi connectivity index (χ1v) is 3.70. The van der Waals surface area contributed by atoms with Crippen LogP contribution < -0.4 is 5.32 Å². The Labute approximate surface area is 70.0 Å². The van der Waals surface area contributed by atoms with Crippen LogP contribution in [0.4, 0.5) is 4.79 Å². The lowest BCUT2D eigenvalue weighted by atomic mass is 10.2. The number of amides is 1. The fourth-order valence-corrected chi connectivity index (χ4v) is 0.997. The number of alkyl carbamates (subject to hydrolysis) is 1. The predicted octanol–water partition coefficient (Wildman–Crippen LogP) is 0.0464. The zero-order valence-corrected chi connectivity index (χ0v) is 6.99. The van der Waals surface area contributed by atoms with E-state index in [-0.39, 0.29) is 24.7 Å². The molecule has 1 N–H and O–H groups in total. The quantitative estimate of drug-likeness (QED) is 0.599. The van der Waals surface area contributed by atoms with Crippen molar-refractivity contribution in [2.24, 2.45) is 0 Å². The van der Waals surface area contributed by atoms with Gasteiger partial charge in [-0.15, -0.1) is 0 Å². The summed E-state index contributed by atoms with van der Waals surface area (Å²) in [5, 5.41) is 2.52. The first-order chi connectivity index (χ1) is 5.59. The molecular weight excluding hydrogens is 162 g/mol. The molecule has 0 aromatic carbocycles. The molecule has 0 saturated carbocycles. The van der Waals surface area contributed by atoms with Gasteiger partial charge >= 0.3 is 12.1 Å². The first kappa shape index (κ1) is 8.83. The van der Waals surface area contributed by atoms with Crippen molar-refractivity contribution in [2.45, 2.75) is 26.0 Å². The molecule has 1 rings (SSSR count). The zero-order valence-electron chi connectivity index (χ0n) is 6.99. The SMILES string of the molecule is CC(=O)O[C@H](C)[C@H]1COC(=O)N1. The maximum atomic E-state index is 10.6. The van der Waals surface area contributed by atoms with Gasteiger partial charge in [0.2, 0.25) is 0 Å². The van der Waals surface area contributed by atoms with Gasteiger partial charge in [0.05, 0.1) is 0 Å². The number of ether oxygens (including phenoxy) is 2. The largest absolute Gasteiger partial charge is 0.461 e. The third-order valence-corrected chi connectivity index (χ3v) is 1.62. The van der Waals surface area contributed by atoms with E-state index in [1.165, 1.54) is 6.92 Å². The molecule has 5 nitrogen and oxygen atoms in total. The van der Waals surface area contributed by atoms with Gasteiger partial charge in [-0.25, -0.2) is 4.79 Å². The van der Waals surface area contributed by atoms with Crippen LogP contribution in [0.2, 0.25) is 0 Å². The molecule has 2 atom stereocenters. The van der Waals surface area contributed by atoms with Crippen LogP contribution in [0.25, 0.3) is 0 Å². The van der Waals surface area contributed by atoms with E-state index in [1.807, 2.05) is 0 Å². The average Bonchev–Trinajstić information content (AvgIpc) is 2.34. The number of hydrogen-bond acceptors (Lipinski definition) is 4. The van der Waals surface area contributed by atoms with E-state index in [0.717, 1.165) is 0 Å². The second-order valence-electron chi connectivity index (χ2n) is 2.66. The number of esters is 1. The van der Waals surface area contributed by atoms with Crippen molar-refractivity contribution in [2.75, 3.05) is 6.61 Å². The maximum Gasteiger partial charge on any atom is 0.407 e. The van der Waals surface area contributed by atoms with Crippen LogP contribution in [-0.4, -0.2) is 30.8 Å². The number of carbonyl (C=O) groups is 2. The van der Waals surface area contributed by atoms with E-state index in [1.54, 1.807) is 6.92 Å². The van der Waals surface area contributed by atoms with E-state index >= 15 is 0 Å². The van der Waals surface area contributed by atoms with E-state index in [2.05, 4.69) is 10.1 Å². The Hall–Kier alpha value is -1.26. The monoisotopic (exact) mass is 173 g/mol. The standard InChI is InChI=1S/C7H11NO4/c1-4(12-5(2)9)6-3-11-7(10)8-6/h4,6H,3H2,1-2H3,(H,8,10)/t4-,6-/m1/s1. The summed E-state index contributed by atoms with van der Waals surface area (Å²) < 4.78 is 9.48. The van der Waals surface area contributed by atoms with E-state index in [4.69, 9.17) is 4.74 Å². The molecule has 1 saturated heterocycles. The second-order valence-corrected chi connectivity index (χ2v) is 2.66. The van der Waals surface area contributed by atoms with Crippen LogP contribution in [-0.2, 0) is 14.3 Å². The van der Waals surface area contributed by atoms with Gasteiger partial charge < -0.3 is 14.8 Å². The Kier molecular flexibility index (Phi) is 2.52. The van der Waals surface area contributed by atoms with E-state index in [9.17, 15) is 9.59 Å². The summed E-state index contributed by atoms with van der Waals surface area (Å²) in [6.45, 7) is 3.29. The molecule has 5 heteroatoms. The molecule has 1 amide bonds. The highest BCUT2D eigenvalue weighted by Gasteiger charge is 2.28. The number of rotatable bonds is 2. The van der Waals surface area contributed by atoms with Gasteiger partial charge in [0.1, 0.15) is 18.8 Å². The molecule has 0 unspecified atom stereocenters. The van der Waals surface area contributed by atoms with Crippen molar-refractivity contribution in [3.05, 3.63) is 0 Å². The van der Waals surface area contributed by atoms with Crippen LogP contribution in [0.3, 0.4) is 0 Å². The summed E-state index contributed by atoms with van der Waals surface area (Å²) in [7, 11) is 0. The third kappa shape index (κ3) is 2.11. The van der Waals surface area contributed by atoms with Crippen molar-refractivity contribution < 1.29 is 19.1 Å². The molecule has 0 bridgehead atoms. The molecule has 1 fully saturated rings. The Bertz CT molecular complexity index is 204. The van der Waals surface area contributed by atoms with Gasteiger partial charge in [0.25, 0.3) is 0 Å². The number of hydrogen-bond donors (Lipinski definition) is 1. The summed E-state index contributed by atoms with van der Waals surface area (Å²) in [6.07, 6.45) is -0.798. The van der Waals surface area contributed by atoms with E-state index in [0.29, 0.717) is 0 Å². The Morgan fingerprint density at radius 3 is 2.92 bits per heavy atom. The van der Waals surface area contributed by atoms with Gasteiger partial charge in [0.15, 0.2) is 0 Å². The second kappa shape index (κ2) is 3.42. The topological polar surface area (TPSA) is 64.6 Å². The maximum absolute atomic E-state index is 10.6. The Morgan fingerprint density at radius 1 is 1.83 bits per heavy atom. The summed E-state index contributed by atoms with van der Waals surface area (Å²) in [5.41, 5.74) is 0. The molecule has 0 aromatic heterocycles. The van der Waals surface area contributed by atoms with Crippen molar-refractivity contribution in [3.63, 3.8) is 0 Å². The van der Waals surface area contributed by atoms with Crippen LogP contribution in [0.1, 0.15) is 13.8 Å². The molecule has 68 valence electrons. The summed E-state index contributed by atoms with van der Waals surface area (Å²) in [5.74, 6) is -0.358. The van der Waals surface area contributed by atoms with E-state index < -0.39 is 6.09 Å². The predicted molar refractivity (Wildman–Crippen MR) is 39.5 cm³/mol. The molecule has 0 aliphatic carbocycles. The smallest absolute Gasteiger partial charge is 0.407 e. The van der Waals surface area contributed by atoms with Crippen LogP contribution in [0.15, 0.2) is 0 Å². The van der Waals surface area contributed by atoms with Crippen molar-refractivity contribution >= 4 is 12.1 Å². The lowest BCUT2D eigenvalue weighted by molar-refractivity contribution is -0.146. The summed E-state index contributed by atoms with van der Waals surface area (Å²) in [6, 6.07) is -0.221. The van der Waals surface area contributed by atoms with Gasteiger partial charge in [-0.3, -0.25) is 4.79 Å².